The molecule has 0 aliphatic carbocycles. The number of rotatable bonds is 3. The van der Waals surface area contributed by atoms with Crippen LogP contribution >= 0.6 is 0 Å². The molecule has 1 aliphatic rings. The zero-order valence-corrected chi connectivity index (χ0v) is 11.1. The van der Waals surface area contributed by atoms with Gasteiger partial charge in [-0.3, -0.25) is 0 Å². The summed E-state index contributed by atoms with van der Waals surface area (Å²) in [7, 11) is 2.00. The fraction of sp³-hybridized carbons (Fsp3) is 0.500. The van der Waals surface area contributed by atoms with Crippen LogP contribution in [-0.4, -0.2) is 31.8 Å². The van der Waals surface area contributed by atoms with Gasteiger partial charge in [0.2, 0.25) is 0 Å². The van der Waals surface area contributed by atoms with Gasteiger partial charge in [-0.2, -0.15) is 4.98 Å². The zero-order valence-electron chi connectivity index (χ0n) is 11.1. The molecule has 5 nitrogen and oxygen atoms in total. The Bertz CT molecular complexity index is 561. The monoisotopic (exact) mass is 261 g/mol. The van der Waals surface area contributed by atoms with Crippen LogP contribution in [0.4, 0.5) is 11.7 Å². The number of fused-ring (bicyclic) bond motifs is 1. The van der Waals surface area contributed by atoms with Gasteiger partial charge in [0.1, 0.15) is 5.52 Å². The summed E-state index contributed by atoms with van der Waals surface area (Å²) in [4.78, 5) is 6.53. The largest absolute Gasteiger partial charge is 0.423 e. The first-order valence-corrected chi connectivity index (χ1v) is 6.67. The third kappa shape index (κ3) is 2.66. The lowest BCUT2D eigenvalue weighted by Crippen LogP contribution is -2.30. The third-order valence-electron chi connectivity index (χ3n) is 3.51. The van der Waals surface area contributed by atoms with Crippen LogP contribution in [0.15, 0.2) is 22.6 Å². The van der Waals surface area contributed by atoms with E-state index in [0.717, 1.165) is 37.3 Å². The Labute approximate surface area is 112 Å². The number of benzene rings is 1. The summed E-state index contributed by atoms with van der Waals surface area (Å²) in [6, 6.07) is 6.16. The van der Waals surface area contributed by atoms with E-state index in [-0.39, 0.29) is 0 Å². The summed E-state index contributed by atoms with van der Waals surface area (Å²) < 4.78 is 11.2. The summed E-state index contributed by atoms with van der Waals surface area (Å²) in [6.45, 7) is 2.63. The molecule has 1 atom stereocenters. The highest BCUT2D eigenvalue weighted by Gasteiger charge is 2.18. The maximum Gasteiger partial charge on any atom is 0.298 e. The van der Waals surface area contributed by atoms with Crippen LogP contribution in [0.5, 0.6) is 0 Å². The molecular formula is C14H19N3O2. The van der Waals surface area contributed by atoms with E-state index in [1.165, 1.54) is 6.42 Å². The molecule has 0 amide bonds. The van der Waals surface area contributed by atoms with E-state index in [9.17, 15) is 0 Å². The summed E-state index contributed by atoms with van der Waals surface area (Å²) in [6.07, 6.45) is 2.35. The standard InChI is InChI=1S/C14H19N3O2/c1-17(8-10-3-2-6-18-9-10)14-16-12-7-11(15)4-5-13(12)19-14/h4-5,7,10H,2-3,6,8-9,15H2,1H3. The molecule has 1 aromatic carbocycles. The minimum atomic E-state index is 0.554. The molecule has 3 rings (SSSR count). The number of anilines is 2. The van der Waals surface area contributed by atoms with Gasteiger partial charge < -0.3 is 19.8 Å². The molecule has 0 bridgehead atoms. The minimum Gasteiger partial charge on any atom is -0.423 e. The highest BCUT2D eigenvalue weighted by molar-refractivity contribution is 5.78. The van der Waals surface area contributed by atoms with Crippen LogP contribution in [0.2, 0.25) is 0 Å². The fourth-order valence-corrected chi connectivity index (χ4v) is 2.51. The molecule has 102 valence electrons. The van der Waals surface area contributed by atoms with Crippen LogP contribution in [-0.2, 0) is 4.74 Å². The van der Waals surface area contributed by atoms with Crippen molar-refractivity contribution >= 4 is 22.8 Å². The van der Waals surface area contributed by atoms with Gasteiger partial charge in [-0.25, -0.2) is 0 Å². The van der Waals surface area contributed by atoms with Crippen molar-refractivity contribution in [2.45, 2.75) is 12.8 Å². The molecule has 5 heteroatoms. The number of hydrogen-bond donors (Lipinski definition) is 1. The summed E-state index contributed by atoms with van der Waals surface area (Å²) in [5.41, 5.74) is 8.03. The average Bonchev–Trinajstić information content (AvgIpc) is 2.83. The van der Waals surface area contributed by atoms with E-state index in [2.05, 4.69) is 9.88 Å². The maximum atomic E-state index is 5.75. The number of nitrogens with two attached hydrogens (primary N) is 1. The van der Waals surface area contributed by atoms with Crippen molar-refractivity contribution in [1.82, 2.24) is 4.98 Å². The smallest absolute Gasteiger partial charge is 0.298 e. The molecule has 1 fully saturated rings. The molecule has 0 saturated carbocycles. The molecule has 2 heterocycles. The van der Waals surface area contributed by atoms with Crippen molar-refractivity contribution in [3.63, 3.8) is 0 Å². The molecule has 2 N–H and O–H groups in total. The second-order valence-corrected chi connectivity index (χ2v) is 5.19. The Morgan fingerprint density at radius 2 is 2.37 bits per heavy atom. The molecule has 1 unspecified atom stereocenters. The van der Waals surface area contributed by atoms with E-state index in [1.54, 1.807) is 0 Å². The van der Waals surface area contributed by atoms with Crippen LogP contribution in [0.1, 0.15) is 12.8 Å². The van der Waals surface area contributed by atoms with Crippen molar-refractivity contribution in [3.05, 3.63) is 18.2 Å². The van der Waals surface area contributed by atoms with Crippen molar-refractivity contribution in [3.8, 4) is 0 Å². The van der Waals surface area contributed by atoms with Gasteiger partial charge in [0.25, 0.3) is 6.01 Å². The Hall–Kier alpha value is -1.75. The molecule has 0 spiro atoms. The molecule has 0 radical (unpaired) electrons. The average molecular weight is 261 g/mol. The number of nitrogen functional groups attached to an aromatic ring is 1. The van der Waals surface area contributed by atoms with Crippen LogP contribution in [0.25, 0.3) is 11.1 Å². The Morgan fingerprint density at radius 3 is 3.16 bits per heavy atom. The van der Waals surface area contributed by atoms with Gasteiger partial charge in [0, 0.05) is 31.8 Å². The zero-order chi connectivity index (χ0) is 13.2. The lowest BCUT2D eigenvalue weighted by atomic mass is 10.0. The number of oxazole rings is 1. The van der Waals surface area contributed by atoms with Gasteiger partial charge in [0.05, 0.1) is 6.61 Å². The lowest BCUT2D eigenvalue weighted by molar-refractivity contribution is 0.0573. The number of hydrogen-bond acceptors (Lipinski definition) is 5. The molecule has 2 aromatic rings. The second-order valence-electron chi connectivity index (χ2n) is 5.19. The molecule has 1 aliphatic heterocycles. The normalized spacial score (nSPS) is 19.7. The van der Waals surface area contributed by atoms with E-state index in [1.807, 2.05) is 25.2 Å². The van der Waals surface area contributed by atoms with Crippen molar-refractivity contribution in [2.24, 2.45) is 5.92 Å². The van der Waals surface area contributed by atoms with E-state index in [4.69, 9.17) is 14.9 Å². The van der Waals surface area contributed by atoms with Gasteiger partial charge in [-0.1, -0.05) is 0 Å². The fourth-order valence-electron chi connectivity index (χ4n) is 2.51. The first-order valence-electron chi connectivity index (χ1n) is 6.67. The summed E-state index contributed by atoms with van der Waals surface area (Å²) in [5, 5.41) is 0. The van der Waals surface area contributed by atoms with Crippen molar-refractivity contribution in [2.75, 3.05) is 37.4 Å². The molecule has 1 aromatic heterocycles. The number of ether oxygens (including phenoxy) is 1. The maximum absolute atomic E-state index is 5.75. The van der Waals surface area contributed by atoms with E-state index >= 15 is 0 Å². The molecule has 1 saturated heterocycles. The molecule has 19 heavy (non-hydrogen) atoms. The number of nitrogens with zero attached hydrogens (tertiary/aromatic N) is 2. The predicted octanol–water partition coefficient (Wildman–Crippen LogP) is 2.27. The third-order valence-corrected chi connectivity index (χ3v) is 3.51. The van der Waals surface area contributed by atoms with Crippen LogP contribution < -0.4 is 10.6 Å². The van der Waals surface area contributed by atoms with Crippen molar-refractivity contribution in [1.29, 1.82) is 0 Å². The van der Waals surface area contributed by atoms with Gasteiger partial charge >= 0.3 is 0 Å². The second kappa shape index (κ2) is 5.09. The first kappa shape index (κ1) is 12.3. The highest BCUT2D eigenvalue weighted by Crippen LogP contribution is 2.24. The molecular weight excluding hydrogens is 242 g/mol. The Balaban J connectivity index is 1.75. The topological polar surface area (TPSA) is 64.5 Å². The number of aromatic nitrogens is 1. The summed E-state index contributed by atoms with van der Waals surface area (Å²) >= 11 is 0. The predicted molar refractivity (Wildman–Crippen MR) is 75.2 cm³/mol. The highest BCUT2D eigenvalue weighted by atomic mass is 16.5. The first-order chi connectivity index (χ1) is 9.22. The van der Waals surface area contributed by atoms with E-state index < -0.39 is 0 Å². The van der Waals surface area contributed by atoms with Crippen LogP contribution in [0.3, 0.4) is 0 Å². The Kier molecular flexibility index (Phi) is 3.29. The van der Waals surface area contributed by atoms with Crippen LogP contribution in [0, 0.1) is 5.92 Å². The van der Waals surface area contributed by atoms with Gasteiger partial charge in [-0.05, 0) is 31.0 Å². The minimum absolute atomic E-state index is 0.554. The van der Waals surface area contributed by atoms with E-state index in [0.29, 0.717) is 17.6 Å². The van der Waals surface area contributed by atoms with Gasteiger partial charge in [0.15, 0.2) is 5.58 Å². The summed E-state index contributed by atoms with van der Waals surface area (Å²) in [5.74, 6) is 0.554. The lowest BCUT2D eigenvalue weighted by Gasteiger charge is -2.26. The quantitative estimate of drug-likeness (QED) is 0.859. The van der Waals surface area contributed by atoms with Crippen molar-refractivity contribution < 1.29 is 9.15 Å². The van der Waals surface area contributed by atoms with Gasteiger partial charge in [-0.15, -0.1) is 0 Å². The Morgan fingerprint density at radius 1 is 1.47 bits per heavy atom. The SMILES string of the molecule is CN(CC1CCCOC1)c1nc2cc(N)ccc2o1.